The van der Waals surface area contributed by atoms with E-state index in [9.17, 15) is 0 Å². The number of guanidine groups is 1. The first-order valence-electron chi connectivity index (χ1n) is 11.8. The fourth-order valence-corrected chi connectivity index (χ4v) is 3.59. The van der Waals surface area contributed by atoms with Crippen LogP contribution in [0.1, 0.15) is 73.1 Å². The van der Waals surface area contributed by atoms with Crippen molar-refractivity contribution in [1.82, 2.24) is 10.2 Å². The van der Waals surface area contributed by atoms with Crippen LogP contribution in [0, 0.1) is 11.3 Å². The molecule has 0 radical (unpaired) electrons. The second-order valence-corrected chi connectivity index (χ2v) is 9.93. The van der Waals surface area contributed by atoms with E-state index in [1.54, 1.807) is 0 Å². The molecule has 1 atom stereocenters. The highest BCUT2D eigenvalue weighted by atomic mass is 16.5. The number of nitrogens with one attached hydrogen (secondary N) is 1. The molecule has 1 saturated heterocycles. The van der Waals surface area contributed by atoms with E-state index >= 15 is 0 Å². The number of hydrogen-bond donors (Lipinski definition) is 2. The Morgan fingerprint density at radius 3 is 2.60 bits per heavy atom. The summed E-state index contributed by atoms with van der Waals surface area (Å²) >= 11 is 0. The van der Waals surface area contributed by atoms with Gasteiger partial charge in [-0.25, -0.2) is 4.99 Å². The van der Waals surface area contributed by atoms with Gasteiger partial charge in [0, 0.05) is 19.1 Å². The minimum absolute atomic E-state index is 0.0348. The van der Waals surface area contributed by atoms with E-state index in [0.29, 0.717) is 12.6 Å². The third kappa shape index (κ3) is 8.55. The summed E-state index contributed by atoms with van der Waals surface area (Å²) in [5, 5.41) is 3.60. The smallest absolute Gasteiger partial charge is 0.199 e. The summed E-state index contributed by atoms with van der Waals surface area (Å²) in [5.41, 5.74) is 6.92. The van der Waals surface area contributed by atoms with E-state index < -0.39 is 0 Å². The molecule has 0 aromatic heterocycles. The quantitative estimate of drug-likeness (QED) is 0.307. The molecule has 1 heterocycles. The van der Waals surface area contributed by atoms with Gasteiger partial charge in [0.15, 0.2) is 5.96 Å². The number of ether oxygens (including phenoxy) is 1. The Hall–Kier alpha value is -1.75. The van der Waals surface area contributed by atoms with Crippen LogP contribution in [-0.4, -0.2) is 43.1 Å². The molecule has 1 aromatic rings. The van der Waals surface area contributed by atoms with Crippen molar-refractivity contribution in [1.29, 1.82) is 0 Å². The normalized spacial score (nSPS) is 18.0. The van der Waals surface area contributed by atoms with Crippen LogP contribution in [0.5, 0.6) is 5.75 Å². The fraction of sp³-hybridized carbons (Fsp3) is 0.720. The lowest BCUT2D eigenvalue weighted by Crippen LogP contribution is -2.51. The summed E-state index contributed by atoms with van der Waals surface area (Å²) in [6.45, 7) is 14.5. The van der Waals surface area contributed by atoms with Gasteiger partial charge >= 0.3 is 0 Å². The number of unbranched alkanes of at least 4 members (excludes halogenated alkanes) is 1. The highest BCUT2D eigenvalue weighted by Crippen LogP contribution is 2.22. The molecule has 5 nitrogen and oxygen atoms in total. The molecule has 0 saturated carbocycles. The monoisotopic (exact) mass is 416 g/mol. The topological polar surface area (TPSA) is 62.9 Å². The van der Waals surface area contributed by atoms with Gasteiger partial charge < -0.3 is 20.7 Å². The first-order chi connectivity index (χ1) is 14.3. The van der Waals surface area contributed by atoms with E-state index in [4.69, 9.17) is 15.5 Å². The van der Waals surface area contributed by atoms with Crippen LogP contribution < -0.4 is 15.8 Å². The number of piperidine rings is 1. The molecular weight excluding hydrogens is 372 g/mol. The molecule has 30 heavy (non-hydrogen) atoms. The molecule has 1 fully saturated rings. The second kappa shape index (κ2) is 12.2. The Morgan fingerprint density at radius 2 is 1.97 bits per heavy atom. The van der Waals surface area contributed by atoms with Crippen LogP contribution in [0.4, 0.5) is 5.69 Å². The lowest BCUT2D eigenvalue weighted by Gasteiger charge is -2.37. The molecular formula is C25H44N4O. The average Bonchev–Trinajstić information content (AvgIpc) is 2.72. The molecule has 0 amide bonds. The summed E-state index contributed by atoms with van der Waals surface area (Å²) < 4.78 is 5.90. The molecule has 2 rings (SSSR count). The number of nitrogens with zero attached hydrogens (tertiary/aromatic N) is 2. The van der Waals surface area contributed by atoms with E-state index in [1.165, 1.54) is 32.1 Å². The van der Waals surface area contributed by atoms with Crippen LogP contribution in [-0.2, 0) is 0 Å². The zero-order chi connectivity index (χ0) is 22.0. The van der Waals surface area contributed by atoms with Crippen molar-refractivity contribution in [3.63, 3.8) is 0 Å². The predicted octanol–water partition coefficient (Wildman–Crippen LogP) is 5.33. The van der Waals surface area contributed by atoms with Crippen molar-refractivity contribution in [3.05, 3.63) is 24.3 Å². The van der Waals surface area contributed by atoms with Crippen molar-refractivity contribution in [2.45, 2.75) is 79.2 Å². The van der Waals surface area contributed by atoms with E-state index in [-0.39, 0.29) is 5.41 Å². The van der Waals surface area contributed by atoms with Crippen LogP contribution in [0.25, 0.3) is 0 Å². The number of likely N-dealkylation sites (tertiary alicyclic amines) is 1. The lowest BCUT2D eigenvalue weighted by atomic mass is 9.94. The molecule has 1 aliphatic heterocycles. The van der Waals surface area contributed by atoms with E-state index in [0.717, 1.165) is 49.4 Å². The maximum absolute atomic E-state index is 5.93. The summed E-state index contributed by atoms with van der Waals surface area (Å²) in [6, 6.07) is 8.66. The SMILES string of the molecule is CC(C)CCCCOc1ccc(/N=C(/NCC(C)(C)CN)N2CCCCC2C)cc1. The zero-order valence-electron chi connectivity index (χ0n) is 19.9. The van der Waals surface area contributed by atoms with Crippen molar-refractivity contribution in [2.75, 3.05) is 26.2 Å². The third-order valence-electron chi connectivity index (χ3n) is 5.87. The summed E-state index contributed by atoms with van der Waals surface area (Å²) in [7, 11) is 0. The van der Waals surface area contributed by atoms with Gasteiger partial charge in [-0.1, -0.05) is 34.1 Å². The Morgan fingerprint density at radius 1 is 1.23 bits per heavy atom. The zero-order valence-corrected chi connectivity index (χ0v) is 19.9. The number of aliphatic imine (C=N–C) groups is 1. The molecule has 3 N–H and O–H groups in total. The van der Waals surface area contributed by atoms with Crippen molar-refractivity contribution >= 4 is 11.6 Å². The van der Waals surface area contributed by atoms with Gasteiger partial charge in [-0.05, 0) is 81.2 Å². The van der Waals surface area contributed by atoms with E-state index in [1.807, 2.05) is 24.3 Å². The van der Waals surface area contributed by atoms with Crippen LogP contribution in [0.2, 0.25) is 0 Å². The number of hydrogen-bond acceptors (Lipinski definition) is 3. The Balaban J connectivity index is 2.01. The number of benzene rings is 1. The molecule has 1 unspecified atom stereocenters. The molecule has 0 spiro atoms. The Labute approximate surface area is 184 Å². The largest absolute Gasteiger partial charge is 0.494 e. The Bertz CT molecular complexity index is 639. The lowest BCUT2D eigenvalue weighted by molar-refractivity contribution is 0.246. The maximum atomic E-state index is 5.93. The summed E-state index contributed by atoms with van der Waals surface area (Å²) in [5.74, 6) is 2.65. The first kappa shape index (κ1) is 24.5. The third-order valence-corrected chi connectivity index (χ3v) is 5.87. The van der Waals surface area contributed by atoms with Crippen molar-refractivity contribution in [3.8, 4) is 5.75 Å². The predicted molar refractivity (Wildman–Crippen MR) is 129 cm³/mol. The second-order valence-electron chi connectivity index (χ2n) is 9.93. The molecule has 5 heteroatoms. The highest BCUT2D eigenvalue weighted by molar-refractivity contribution is 5.83. The summed E-state index contributed by atoms with van der Waals surface area (Å²) in [6.07, 6.45) is 7.32. The minimum atomic E-state index is 0.0348. The Kier molecular flexibility index (Phi) is 9.96. The highest BCUT2D eigenvalue weighted by Gasteiger charge is 2.24. The van der Waals surface area contributed by atoms with Gasteiger partial charge in [-0.15, -0.1) is 0 Å². The molecule has 170 valence electrons. The van der Waals surface area contributed by atoms with Gasteiger partial charge in [-0.2, -0.15) is 0 Å². The van der Waals surface area contributed by atoms with Crippen LogP contribution >= 0.6 is 0 Å². The van der Waals surface area contributed by atoms with Crippen LogP contribution in [0.3, 0.4) is 0 Å². The van der Waals surface area contributed by atoms with Gasteiger partial charge in [0.05, 0.1) is 12.3 Å². The first-order valence-corrected chi connectivity index (χ1v) is 11.8. The van der Waals surface area contributed by atoms with E-state index in [2.05, 4.69) is 44.8 Å². The number of nitrogens with two attached hydrogens (primary N) is 1. The average molecular weight is 417 g/mol. The fourth-order valence-electron chi connectivity index (χ4n) is 3.59. The van der Waals surface area contributed by atoms with Crippen molar-refractivity contribution < 1.29 is 4.74 Å². The molecule has 1 aliphatic rings. The van der Waals surface area contributed by atoms with Gasteiger partial charge in [0.25, 0.3) is 0 Å². The maximum Gasteiger partial charge on any atom is 0.199 e. The van der Waals surface area contributed by atoms with Gasteiger partial charge in [-0.3, -0.25) is 0 Å². The number of rotatable bonds is 10. The molecule has 1 aromatic carbocycles. The minimum Gasteiger partial charge on any atom is -0.494 e. The molecule has 0 bridgehead atoms. The van der Waals surface area contributed by atoms with Gasteiger partial charge in [0.1, 0.15) is 5.75 Å². The van der Waals surface area contributed by atoms with Gasteiger partial charge in [0.2, 0.25) is 0 Å². The summed E-state index contributed by atoms with van der Waals surface area (Å²) in [4.78, 5) is 7.39. The molecule has 0 aliphatic carbocycles. The van der Waals surface area contributed by atoms with Crippen molar-refractivity contribution in [2.24, 2.45) is 22.1 Å². The standard InChI is InChI=1S/C25H44N4O/c1-20(2)10-7-9-17-30-23-14-12-22(13-15-23)28-24(27-19-25(4,5)18-26)29-16-8-6-11-21(29)3/h12-15,20-21H,6-11,16-19,26H2,1-5H3,(H,27,28). The van der Waals surface area contributed by atoms with Crippen LogP contribution in [0.15, 0.2) is 29.3 Å².